The van der Waals surface area contributed by atoms with Crippen molar-refractivity contribution < 1.29 is 14.3 Å². The second-order valence-electron chi connectivity index (χ2n) is 6.71. The fourth-order valence-electron chi connectivity index (χ4n) is 2.76. The van der Waals surface area contributed by atoms with Gasteiger partial charge in [0.05, 0.1) is 30.1 Å². The van der Waals surface area contributed by atoms with Crippen molar-refractivity contribution in [2.24, 2.45) is 0 Å². The van der Waals surface area contributed by atoms with Crippen molar-refractivity contribution in [2.75, 3.05) is 19.8 Å². The van der Waals surface area contributed by atoms with Gasteiger partial charge in [-0.3, -0.25) is 4.79 Å². The van der Waals surface area contributed by atoms with Crippen molar-refractivity contribution in [3.05, 3.63) is 42.2 Å². The number of carbonyl (C=O) groups is 1. The number of ether oxygens (including phenoxy) is 2. The summed E-state index contributed by atoms with van der Waals surface area (Å²) in [5, 5.41) is 11.3. The molecular formula is C18H24N4O3. The number of rotatable bonds is 7. The number of nitrogens with zero attached hydrogens (tertiary/aromatic N) is 3. The Labute approximate surface area is 147 Å². The topological polar surface area (TPSA) is 78.3 Å². The van der Waals surface area contributed by atoms with E-state index in [9.17, 15) is 4.79 Å². The summed E-state index contributed by atoms with van der Waals surface area (Å²) in [6, 6.07) is 9.72. The highest BCUT2D eigenvalue weighted by molar-refractivity contribution is 5.78. The number of para-hydroxylation sites is 1. The van der Waals surface area contributed by atoms with Gasteiger partial charge in [-0.15, -0.1) is 5.10 Å². The summed E-state index contributed by atoms with van der Waals surface area (Å²) in [5.74, 6) is -0.183. The van der Waals surface area contributed by atoms with Crippen molar-refractivity contribution in [1.29, 1.82) is 0 Å². The summed E-state index contributed by atoms with van der Waals surface area (Å²) in [6.45, 7) is 5.03. The Balaban J connectivity index is 1.54. The van der Waals surface area contributed by atoms with E-state index in [-0.39, 0.29) is 18.6 Å². The lowest BCUT2D eigenvalue weighted by atomic mass is 10.0. The van der Waals surface area contributed by atoms with Crippen LogP contribution in [0.25, 0.3) is 5.69 Å². The van der Waals surface area contributed by atoms with Crippen LogP contribution in [0.15, 0.2) is 36.5 Å². The van der Waals surface area contributed by atoms with Crippen LogP contribution < -0.4 is 5.32 Å². The molecule has 1 saturated heterocycles. The molecule has 1 unspecified atom stereocenters. The SMILES string of the molecule is CC(C)(NC(=O)COCC1CCCO1)c1cn(-c2ccccc2)nn1. The van der Waals surface area contributed by atoms with E-state index in [4.69, 9.17) is 9.47 Å². The van der Waals surface area contributed by atoms with Gasteiger partial charge in [-0.05, 0) is 38.8 Å². The third-order valence-electron chi connectivity index (χ3n) is 4.17. The van der Waals surface area contributed by atoms with Crippen LogP contribution >= 0.6 is 0 Å². The maximum absolute atomic E-state index is 12.2. The lowest BCUT2D eigenvalue weighted by Crippen LogP contribution is -2.43. The number of aromatic nitrogens is 3. The minimum atomic E-state index is -0.642. The molecule has 1 N–H and O–H groups in total. The number of benzene rings is 1. The van der Waals surface area contributed by atoms with Crippen molar-refractivity contribution in [2.45, 2.75) is 38.3 Å². The highest BCUT2D eigenvalue weighted by atomic mass is 16.5. The number of amides is 1. The second-order valence-corrected chi connectivity index (χ2v) is 6.71. The first-order chi connectivity index (χ1) is 12.0. The van der Waals surface area contributed by atoms with Gasteiger partial charge in [0.2, 0.25) is 5.91 Å². The van der Waals surface area contributed by atoms with Gasteiger partial charge in [-0.1, -0.05) is 23.4 Å². The van der Waals surface area contributed by atoms with E-state index >= 15 is 0 Å². The monoisotopic (exact) mass is 344 g/mol. The molecule has 134 valence electrons. The zero-order chi connectivity index (χ0) is 17.7. The summed E-state index contributed by atoms with van der Waals surface area (Å²) in [4.78, 5) is 12.2. The zero-order valence-corrected chi connectivity index (χ0v) is 14.6. The molecule has 0 aliphatic carbocycles. The number of nitrogens with one attached hydrogen (secondary N) is 1. The molecule has 7 heteroatoms. The van der Waals surface area contributed by atoms with E-state index in [1.165, 1.54) is 0 Å². The molecule has 1 aliphatic rings. The summed E-state index contributed by atoms with van der Waals surface area (Å²) in [6.07, 6.45) is 4.00. The minimum Gasteiger partial charge on any atom is -0.376 e. The Hall–Kier alpha value is -2.25. The first-order valence-corrected chi connectivity index (χ1v) is 8.53. The van der Waals surface area contributed by atoms with Gasteiger partial charge in [0.25, 0.3) is 0 Å². The van der Waals surface area contributed by atoms with E-state index in [1.54, 1.807) is 4.68 Å². The normalized spacial score (nSPS) is 17.6. The Bertz CT molecular complexity index is 693. The predicted octanol–water partition coefficient (Wildman–Crippen LogP) is 1.81. The molecular weight excluding hydrogens is 320 g/mol. The van der Waals surface area contributed by atoms with Gasteiger partial charge < -0.3 is 14.8 Å². The summed E-state index contributed by atoms with van der Waals surface area (Å²) in [5.41, 5.74) is 0.962. The molecule has 1 aliphatic heterocycles. The van der Waals surface area contributed by atoms with Gasteiger partial charge in [0.1, 0.15) is 12.3 Å². The Morgan fingerprint density at radius 3 is 2.92 bits per heavy atom. The summed E-state index contributed by atoms with van der Waals surface area (Å²) in [7, 11) is 0. The lowest BCUT2D eigenvalue weighted by molar-refractivity contribution is -0.128. The van der Waals surface area contributed by atoms with Crippen LogP contribution in [0.5, 0.6) is 0 Å². The molecule has 1 amide bonds. The Kier molecular flexibility index (Phi) is 5.45. The van der Waals surface area contributed by atoms with Crippen LogP contribution in [0.4, 0.5) is 0 Å². The molecule has 0 radical (unpaired) electrons. The van der Waals surface area contributed by atoms with Crippen molar-refractivity contribution in [1.82, 2.24) is 20.3 Å². The Morgan fingerprint density at radius 1 is 1.40 bits per heavy atom. The predicted molar refractivity (Wildman–Crippen MR) is 92.3 cm³/mol. The molecule has 0 saturated carbocycles. The fourth-order valence-corrected chi connectivity index (χ4v) is 2.76. The Morgan fingerprint density at radius 2 is 2.20 bits per heavy atom. The van der Waals surface area contributed by atoms with E-state index in [1.807, 2.05) is 50.4 Å². The maximum Gasteiger partial charge on any atom is 0.246 e. The number of carbonyl (C=O) groups excluding carboxylic acids is 1. The van der Waals surface area contributed by atoms with Gasteiger partial charge in [0, 0.05) is 6.61 Å². The fraction of sp³-hybridized carbons (Fsp3) is 0.500. The van der Waals surface area contributed by atoms with E-state index < -0.39 is 5.54 Å². The molecule has 1 aromatic heterocycles. The molecule has 0 spiro atoms. The summed E-state index contributed by atoms with van der Waals surface area (Å²) < 4.78 is 12.6. The number of hydrogen-bond acceptors (Lipinski definition) is 5. The van der Waals surface area contributed by atoms with Crippen LogP contribution in [-0.2, 0) is 19.8 Å². The van der Waals surface area contributed by atoms with Crippen molar-refractivity contribution in [3.63, 3.8) is 0 Å². The zero-order valence-electron chi connectivity index (χ0n) is 14.6. The van der Waals surface area contributed by atoms with E-state index in [0.717, 1.165) is 25.1 Å². The molecule has 2 heterocycles. The maximum atomic E-state index is 12.2. The minimum absolute atomic E-state index is 0.0100. The third-order valence-corrected chi connectivity index (χ3v) is 4.17. The highest BCUT2D eigenvalue weighted by Gasteiger charge is 2.27. The molecule has 1 atom stereocenters. The largest absolute Gasteiger partial charge is 0.376 e. The van der Waals surface area contributed by atoms with Crippen LogP contribution in [0.2, 0.25) is 0 Å². The van der Waals surface area contributed by atoms with Gasteiger partial charge in [0.15, 0.2) is 0 Å². The molecule has 25 heavy (non-hydrogen) atoms. The molecule has 1 fully saturated rings. The third kappa shape index (κ3) is 4.64. The van der Waals surface area contributed by atoms with Crippen LogP contribution in [0.1, 0.15) is 32.4 Å². The molecule has 7 nitrogen and oxygen atoms in total. The highest BCUT2D eigenvalue weighted by Crippen LogP contribution is 2.18. The average molecular weight is 344 g/mol. The van der Waals surface area contributed by atoms with Crippen LogP contribution in [0.3, 0.4) is 0 Å². The second kappa shape index (κ2) is 7.76. The smallest absolute Gasteiger partial charge is 0.246 e. The first-order valence-electron chi connectivity index (χ1n) is 8.53. The average Bonchev–Trinajstić information content (AvgIpc) is 3.27. The van der Waals surface area contributed by atoms with Gasteiger partial charge in [-0.25, -0.2) is 4.68 Å². The molecule has 1 aromatic carbocycles. The first kappa shape index (κ1) is 17.6. The van der Waals surface area contributed by atoms with Gasteiger partial charge in [-0.2, -0.15) is 0 Å². The summed E-state index contributed by atoms with van der Waals surface area (Å²) >= 11 is 0. The van der Waals surface area contributed by atoms with E-state index in [0.29, 0.717) is 12.3 Å². The van der Waals surface area contributed by atoms with Crippen molar-refractivity contribution >= 4 is 5.91 Å². The van der Waals surface area contributed by atoms with Crippen LogP contribution in [-0.4, -0.2) is 46.8 Å². The molecule has 3 rings (SSSR count). The number of hydrogen-bond donors (Lipinski definition) is 1. The lowest BCUT2D eigenvalue weighted by Gasteiger charge is -2.23. The molecule has 0 bridgehead atoms. The quantitative estimate of drug-likeness (QED) is 0.829. The molecule has 2 aromatic rings. The van der Waals surface area contributed by atoms with Crippen LogP contribution in [0, 0.1) is 0 Å². The van der Waals surface area contributed by atoms with Crippen molar-refractivity contribution in [3.8, 4) is 5.69 Å². The van der Waals surface area contributed by atoms with Gasteiger partial charge >= 0.3 is 0 Å². The standard InChI is InChI=1S/C18H24N4O3/c1-18(2,19-17(23)13-24-12-15-9-6-10-25-15)16-11-22(21-20-16)14-7-4-3-5-8-14/h3-5,7-8,11,15H,6,9-10,12-13H2,1-2H3,(H,19,23). The van der Waals surface area contributed by atoms with E-state index in [2.05, 4.69) is 15.6 Å².